The third-order valence-electron chi connectivity index (χ3n) is 5.20. The van der Waals surface area contributed by atoms with E-state index in [0.29, 0.717) is 21.7 Å². The van der Waals surface area contributed by atoms with Crippen LogP contribution in [0.4, 0.5) is 0 Å². The molecule has 0 bridgehead atoms. The van der Waals surface area contributed by atoms with Gasteiger partial charge in [-0.15, -0.1) is 10.2 Å². The number of hydrogen-bond donors (Lipinski definition) is 1. The molecule has 0 radical (unpaired) electrons. The Balaban J connectivity index is 1.52. The summed E-state index contributed by atoms with van der Waals surface area (Å²) in [5.74, 6) is 1.28. The van der Waals surface area contributed by atoms with Crippen LogP contribution in [-0.2, 0) is 4.79 Å². The molecule has 9 heteroatoms. The first-order chi connectivity index (χ1) is 16.9. The van der Waals surface area contributed by atoms with Crippen molar-refractivity contribution in [2.24, 2.45) is 5.10 Å². The number of carbonyl (C=O) groups is 1. The number of halogens is 1. The summed E-state index contributed by atoms with van der Waals surface area (Å²) in [6.07, 6.45) is 0. The Morgan fingerprint density at radius 2 is 1.83 bits per heavy atom. The van der Waals surface area contributed by atoms with Gasteiger partial charge in [0.15, 0.2) is 11.0 Å². The van der Waals surface area contributed by atoms with E-state index in [1.54, 1.807) is 7.11 Å². The van der Waals surface area contributed by atoms with Crippen molar-refractivity contribution in [3.05, 3.63) is 88.9 Å². The predicted octanol–water partition coefficient (Wildman–Crippen LogP) is 5.54. The summed E-state index contributed by atoms with van der Waals surface area (Å²) in [6.45, 7) is 3.86. The second kappa shape index (κ2) is 11.2. The van der Waals surface area contributed by atoms with Gasteiger partial charge in [-0.05, 0) is 50.2 Å². The van der Waals surface area contributed by atoms with Gasteiger partial charge in [-0.2, -0.15) is 5.10 Å². The smallest absolute Gasteiger partial charge is 0.250 e. The monoisotopic (exact) mass is 505 g/mol. The maximum absolute atomic E-state index is 12.5. The molecule has 1 heterocycles. The lowest BCUT2D eigenvalue weighted by atomic mass is 10.1. The number of ether oxygens (including phenoxy) is 1. The number of methoxy groups -OCH3 is 1. The Morgan fingerprint density at radius 3 is 2.54 bits per heavy atom. The average Bonchev–Trinajstić information content (AvgIpc) is 3.30. The summed E-state index contributed by atoms with van der Waals surface area (Å²) < 4.78 is 7.16. The van der Waals surface area contributed by atoms with Crippen LogP contribution in [0.1, 0.15) is 18.1 Å². The Hall–Kier alpha value is -3.62. The molecule has 0 aliphatic carbocycles. The van der Waals surface area contributed by atoms with Crippen molar-refractivity contribution in [2.45, 2.75) is 19.0 Å². The van der Waals surface area contributed by atoms with E-state index in [4.69, 9.17) is 16.3 Å². The number of thioether (sulfide) groups is 1. The number of aryl methyl sites for hydroxylation is 1. The summed E-state index contributed by atoms with van der Waals surface area (Å²) in [5, 5.41) is 14.2. The second-order valence-electron chi connectivity index (χ2n) is 7.74. The zero-order valence-electron chi connectivity index (χ0n) is 19.5. The molecule has 0 saturated heterocycles. The lowest BCUT2D eigenvalue weighted by Crippen LogP contribution is -2.21. The van der Waals surface area contributed by atoms with E-state index in [9.17, 15) is 4.79 Å². The summed E-state index contributed by atoms with van der Waals surface area (Å²) in [5.41, 5.74) is 7.08. The van der Waals surface area contributed by atoms with E-state index in [-0.39, 0.29) is 11.7 Å². The standard InChI is InChI=1S/C26H24ClN5O2S/c1-17-7-9-19(10-8-17)25-30-31-26(32(25)22-13-11-21(27)12-14-22)35-16-24(33)29-28-18(2)20-5-4-6-23(15-20)34-3/h4-15H,16H2,1-3H3,(H,29,33)/b28-18+. The van der Waals surface area contributed by atoms with Crippen LogP contribution in [0.15, 0.2) is 83.1 Å². The van der Waals surface area contributed by atoms with Crippen molar-refractivity contribution in [1.82, 2.24) is 20.2 Å². The number of hydrazone groups is 1. The van der Waals surface area contributed by atoms with Crippen LogP contribution in [0.25, 0.3) is 17.1 Å². The third kappa shape index (κ3) is 6.09. The van der Waals surface area contributed by atoms with Gasteiger partial charge < -0.3 is 4.74 Å². The number of aromatic nitrogens is 3. The van der Waals surface area contributed by atoms with Gasteiger partial charge in [-0.3, -0.25) is 9.36 Å². The highest BCUT2D eigenvalue weighted by molar-refractivity contribution is 7.99. The molecule has 1 N–H and O–H groups in total. The topological polar surface area (TPSA) is 81.4 Å². The molecule has 4 rings (SSSR count). The van der Waals surface area contributed by atoms with Crippen LogP contribution in [0, 0.1) is 6.92 Å². The van der Waals surface area contributed by atoms with Gasteiger partial charge in [-0.1, -0.05) is 65.3 Å². The van der Waals surface area contributed by atoms with Gasteiger partial charge in [0.2, 0.25) is 0 Å². The Kier molecular flexibility index (Phi) is 7.84. The lowest BCUT2D eigenvalue weighted by molar-refractivity contribution is -0.118. The summed E-state index contributed by atoms with van der Waals surface area (Å²) >= 11 is 7.37. The second-order valence-corrected chi connectivity index (χ2v) is 9.12. The largest absolute Gasteiger partial charge is 0.497 e. The first-order valence-corrected chi connectivity index (χ1v) is 12.2. The molecule has 1 amide bonds. The van der Waals surface area contributed by atoms with Crippen LogP contribution >= 0.6 is 23.4 Å². The molecule has 0 fully saturated rings. The molecule has 178 valence electrons. The molecule has 4 aromatic rings. The van der Waals surface area contributed by atoms with Gasteiger partial charge in [0.25, 0.3) is 5.91 Å². The number of amides is 1. The Bertz CT molecular complexity index is 1350. The zero-order chi connectivity index (χ0) is 24.8. The quantitative estimate of drug-likeness (QED) is 0.193. The molecule has 35 heavy (non-hydrogen) atoms. The van der Waals surface area contributed by atoms with Gasteiger partial charge >= 0.3 is 0 Å². The summed E-state index contributed by atoms with van der Waals surface area (Å²) in [6, 6.07) is 23.0. The van der Waals surface area contributed by atoms with Crippen molar-refractivity contribution < 1.29 is 9.53 Å². The number of rotatable bonds is 8. The van der Waals surface area contributed by atoms with Crippen LogP contribution in [0.2, 0.25) is 5.02 Å². The molecule has 3 aromatic carbocycles. The molecule has 0 spiro atoms. The minimum atomic E-state index is -0.250. The molecule has 0 saturated carbocycles. The highest BCUT2D eigenvalue weighted by Crippen LogP contribution is 2.28. The molecular weight excluding hydrogens is 482 g/mol. The van der Waals surface area contributed by atoms with Gasteiger partial charge in [0.05, 0.1) is 18.6 Å². The van der Waals surface area contributed by atoms with Crippen LogP contribution in [0.3, 0.4) is 0 Å². The molecule has 7 nitrogen and oxygen atoms in total. The average molecular weight is 506 g/mol. The first-order valence-electron chi connectivity index (χ1n) is 10.8. The first kappa shape index (κ1) is 24.5. The third-order valence-corrected chi connectivity index (χ3v) is 6.38. The number of hydrogen-bond acceptors (Lipinski definition) is 6. The maximum Gasteiger partial charge on any atom is 0.250 e. The van der Waals surface area contributed by atoms with Crippen LogP contribution in [0.5, 0.6) is 5.75 Å². The van der Waals surface area contributed by atoms with Crippen molar-refractivity contribution in [2.75, 3.05) is 12.9 Å². The number of carbonyl (C=O) groups excluding carboxylic acids is 1. The lowest BCUT2D eigenvalue weighted by Gasteiger charge is -2.11. The fourth-order valence-electron chi connectivity index (χ4n) is 3.30. The van der Waals surface area contributed by atoms with Gasteiger partial charge in [0, 0.05) is 21.8 Å². The van der Waals surface area contributed by atoms with E-state index >= 15 is 0 Å². The van der Waals surface area contributed by atoms with Crippen molar-refractivity contribution in [1.29, 1.82) is 0 Å². The van der Waals surface area contributed by atoms with E-state index in [1.165, 1.54) is 11.8 Å². The van der Waals surface area contributed by atoms with Crippen LogP contribution in [-0.4, -0.2) is 39.2 Å². The van der Waals surface area contributed by atoms with Gasteiger partial charge in [-0.25, -0.2) is 5.43 Å². The molecule has 1 aromatic heterocycles. The minimum absolute atomic E-state index is 0.120. The van der Waals surface area contributed by atoms with E-state index in [2.05, 4.69) is 20.7 Å². The fourth-order valence-corrected chi connectivity index (χ4v) is 4.17. The summed E-state index contributed by atoms with van der Waals surface area (Å²) in [4.78, 5) is 12.5. The molecule has 0 aliphatic rings. The van der Waals surface area contributed by atoms with Crippen molar-refractivity contribution in [3.63, 3.8) is 0 Å². The highest BCUT2D eigenvalue weighted by Gasteiger charge is 2.17. The SMILES string of the molecule is COc1cccc(/C(C)=N/NC(=O)CSc2nnc(-c3ccc(C)cc3)n2-c2ccc(Cl)cc2)c1. The maximum atomic E-state index is 12.5. The minimum Gasteiger partial charge on any atom is -0.497 e. The molecule has 0 unspecified atom stereocenters. The normalized spacial score (nSPS) is 11.4. The van der Waals surface area contributed by atoms with Crippen molar-refractivity contribution in [3.8, 4) is 22.8 Å². The van der Waals surface area contributed by atoms with Crippen LogP contribution < -0.4 is 10.2 Å². The molecular formula is C26H24ClN5O2S. The highest BCUT2D eigenvalue weighted by atomic mass is 35.5. The van der Waals surface area contributed by atoms with E-state index in [1.807, 2.05) is 91.2 Å². The Labute approximate surface area is 213 Å². The fraction of sp³-hybridized carbons (Fsp3) is 0.154. The number of nitrogens with zero attached hydrogens (tertiary/aromatic N) is 4. The molecule has 0 aliphatic heterocycles. The Morgan fingerprint density at radius 1 is 1.09 bits per heavy atom. The number of benzene rings is 3. The molecule has 0 atom stereocenters. The number of nitrogens with one attached hydrogen (secondary N) is 1. The van der Waals surface area contributed by atoms with Gasteiger partial charge in [0.1, 0.15) is 5.75 Å². The van der Waals surface area contributed by atoms with Crippen molar-refractivity contribution >= 4 is 35.0 Å². The van der Waals surface area contributed by atoms with E-state index in [0.717, 1.165) is 28.1 Å². The van der Waals surface area contributed by atoms with E-state index < -0.39 is 0 Å². The zero-order valence-corrected chi connectivity index (χ0v) is 21.1. The predicted molar refractivity (Wildman–Crippen MR) is 141 cm³/mol. The summed E-state index contributed by atoms with van der Waals surface area (Å²) in [7, 11) is 1.61.